The third kappa shape index (κ3) is 2.65. The molecule has 0 spiro atoms. The van der Waals surface area contributed by atoms with E-state index in [1.807, 2.05) is 18.3 Å². The van der Waals surface area contributed by atoms with Gasteiger partial charge in [-0.2, -0.15) is 10.4 Å². The molecule has 0 atom stereocenters. The van der Waals surface area contributed by atoms with Gasteiger partial charge in [-0.1, -0.05) is 0 Å². The average molecular weight is 218 g/mol. The van der Waals surface area contributed by atoms with Crippen LogP contribution >= 0.6 is 11.3 Å². The van der Waals surface area contributed by atoms with Crippen LogP contribution in [0.4, 0.5) is 0 Å². The quantitative estimate of drug-likeness (QED) is 0.819. The first-order chi connectivity index (χ1) is 7.38. The van der Waals surface area contributed by atoms with Crippen LogP contribution in [0.25, 0.3) is 0 Å². The smallest absolute Gasteiger partial charge is 0.110 e. The van der Waals surface area contributed by atoms with Gasteiger partial charge in [0, 0.05) is 29.7 Å². The molecule has 0 fully saturated rings. The summed E-state index contributed by atoms with van der Waals surface area (Å²) < 4.78 is 0. The molecule has 2 aromatic rings. The molecule has 0 radical (unpaired) electrons. The van der Waals surface area contributed by atoms with Crippen molar-refractivity contribution in [1.29, 1.82) is 5.26 Å². The Hall–Kier alpha value is -1.64. The minimum absolute atomic E-state index is 0.759. The van der Waals surface area contributed by atoms with Gasteiger partial charge in [0.1, 0.15) is 10.9 Å². The highest BCUT2D eigenvalue weighted by atomic mass is 32.1. The summed E-state index contributed by atoms with van der Waals surface area (Å²) >= 11 is 1.52. The second-order valence-corrected chi connectivity index (χ2v) is 4.26. The number of nitrogens with one attached hydrogen (secondary N) is 2. The summed E-state index contributed by atoms with van der Waals surface area (Å²) in [5.41, 5.74) is 1.13. The van der Waals surface area contributed by atoms with Crippen LogP contribution in [-0.4, -0.2) is 10.2 Å². The molecule has 0 unspecified atom stereocenters. The van der Waals surface area contributed by atoms with Gasteiger partial charge in [0.15, 0.2) is 0 Å². The maximum atomic E-state index is 8.65. The van der Waals surface area contributed by atoms with Gasteiger partial charge in [-0.05, 0) is 12.1 Å². The Labute approximate surface area is 91.6 Å². The summed E-state index contributed by atoms with van der Waals surface area (Å²) in [5.74, 6) is 0. The number of H-pyrrole nitrogens is 1. The van der Waals surface area contributed by atoms with Crippen molar-refractivity contribution in [1.82, 2.24) is 15.5 Å². The highest BCUT2D eigenvalue weighted by molar-refractivity contribution is 7.12. The predicted molar refractivity (Wildman–Crippen MR) is 58.2 cm³/mol. The van der Waals surface area contributed by atoms with Gasteiger partial charge >= 0.3 is 0 Å². The van der Waals surface area contributed by atoms with Crippen molar-refractivity contribution in [3.05, 3.63) is 39.8 Å². The summed E-state index contributed by atoms with van der Waals surface area (Å²) in [5, 5.41) is 18.6. The van der Waals surface area contributed by atoms with E-state index >= 15 is 0 Å². The van der Waals surface area contributed by atoms with E-state index < -0.39 is 0 Å². The zero-order chi connectivity index (χ0) is 10.5. The molecule has 0 aliphatic carbocycles. The zero-order valence-electron chi connectivity index (χ0n) is 8.03. The summed E-state index contributed by atoms with van der Waals surface area (Å²) in [6.07, 6.45) is 3.66. The molecule has 5 heteroatoms. The molecule has 4 nitrogen and oxygen atoms in total. The van der Waals surface area contributed by atoms with E-state index in [-0.39, 0.29) is 0 Å². The Morgan fingerprint density at radius 2 is 2.40 bits per heavy atom. The van der Waals surface area contributed by atoms with E-state index in [0.717, 1.165) is 23.5 Å². The molecule has 2 aromatic heterocycles. The zero-order valence-corrected chi connectivity index (χ0v) is 8.84. The van der Waals surface area contributed by atoms with Crippen LogP contribution in [0.5, 0.6) is 0 Å². The van der Waals surface area contributed by atoms with Crippen molar-refractivity contribution in [2.24, 2.45) is 0 Å². The van der Waals surface area contributed by atoms with E-state index in [2.05, 4.69) is 21.6 Å². The van der Waals surface area contributed by atoms with Crippen LogP contribution < -0.4 is 5.32 Å². The minimum Gasteiger partial charge on any atom is -0.308 e. The van der Waals surface area contributed by atoms with Crippen LogP contribution in [0.15, 0.2) is 24.5 Å². The van der Waals surface area contributed by atoms with E-state index in [1.165, 1.54) is 16.2 Å². The standard InChI is InChI=1S/C10H10N4S/c11-3-9-1-2-10(15-9)7-12-4-8-5-13-14-6-8/h1-2,5-6,12H,4,7H2,(H,13,14). The molecule has 0 saturated carbocycles. The molecule has 2 rings (SSSR count). The first-order valence-corrected chi connectivity index (χ1v) is 5.37. The topological polar surface area (TPSA) is 64.5 Å². The number of nitrogens with zero attached hydrogens (tertiary/aromatic N) is 2. The van der Waals surface area contributed by atoms with Gasteiger partial charge in [-0.25, -0.2) is 0 Å². The largest absolute Gasteiger partial charge is 0.308 e. The van der Waals surface area contributed by atoms with E-state index in [4.69, 9.17) is 5.26 Å². The molecule has 2 N–H and O–H groups in total. The van der Waals surface area contributed by atoms with Crippen LogP contribution in [0.1, 0.15) is 15.3 Å². The number of aromatic amines is 1. The molecule has 0 bridgehead atoms. The fourth-order valence-corrected chi connectivity index (χ4v) is 2.01. The lowest BCUT2D eigenvalue weighted by Crippen LogP contribution is -2.10. The number of rotatable bonds is 4. The molecular formula is C10H10N4S. The van der Waals surface area contributed by atoms with Crippen molar-refractivity contribution in [3.63, 3.8) is 0 Å². The van der Waals surface area contributed by atoms with Gasteiger partial charge in [0.25, 0.3) is 0 Å². The fraction of sp³-hybridized carbons (Fsp3) is 0.200. The molecule has 15 heavy (non-hydrogen) atoms. The fourth-order valence-electron chi connectivity index (χ4n) is 1.24. The monoisotopic (exact) mass is 218 g/mol. The first-order valence-electron chi connectivity index (χ1n) is 4.55. The maximum absolute atomic E-state index is 8.65. The number of hydrogen-bond donors (Lipinski definition) is 2. The first kappa shape index (κ1) is 9.90. The Kier molecular flexibility index (Phi) is 3.12. The Morgan fingerprint density at radius 3 is 3.07 bits per heavy atom. The van der Waals surface area contributed by atoms with Crippen LogP contribution in [0.2, 0.25) is 0 Å². The van der Waals surface area contributed by atoms with Gasteiger partial charge in [-0.3, -0.25) is 5.10 Å². The number of hydrogen-bond acceptors (Lipinski definition) is 4. The summed E-state index contributed by atoms with van der Waals surface area (Å²) in [7, 11) is 0. The van der Waals surface area contributed by atoms with Crippen molar-refractivity contribution >= 4 is 11.3 Å². The minimum atomic E-state index is 0.759. The molecular weight excluding hydrogens is 208 g/mol. The lowest BCUT2D eigenvalue weighted by Gasteiger charge is -1.99. The van der Waals surface area contributed by atoms with Gasteiger partial charge < -0.3 is 5.32 Å². The second kappa shape index (κ2) is 4.73. The normalized spacial score (nSPS) is 10.1. The SMILES string of the molecule is N#Cc1ccc(CNCc2cn[nH]c2)s1. The second-order valence-electron chi connectivity index (χ2n) is 3.09. The molecule has 2 heterocycles. The van der Waals surface area contributed by atoms with E-state index in [1.54, 1.807) is 6.20 Å². The number of thiophene rings is 1. The molecule has 0 aromatic carbocycles. The van der Waals surface area contributed by atoms with Crippen molar-refractivity contribution in [2.75, 3.05) is 0 Å². The average Bonchev–Trinajstić information content (AvgIpc) is 2.88. The van der Waals surface area contributed by atoms with Crippen molar-refractivity contribution in [2.45, 2.75) is 13.1 Å². The summed E-state index contributed by atoms with van der Waals surface area (Å²) in [4.78, 5) is 1.94. The van der Waals surface area contributed by atoms with Crippen LogP contribution in [-0.2, 0) is 13.1 Å². The number of aromatic nitrogens is 2. The Balaban J connectivity index is 1.81. The predicted octanol–water partition coefficient (Wildman–Crippen LogP) is 1.63. The van der Waals surface area contributed by atoms with E-state index in [9.17, 15) is 0 Å². The van der Waals surface area contributed by atoms with E-state index in [0.29, 0.717) is 0 Å². The third-order valence-corrected chi connectivity index (χ3v) is 2.94. The highest BCUT2D eigenvalue weighted by Crippen LogP contribution is 2.14. The lowest BCUT2D eigenvalue weighted by atomic mass is 10.3. The van der Waals surface area contributed by atoms with Gasteiger partial charge in [-0.15, -0.1) is 11.3 Å². The summed E-state index contributed by atoms with van der Waals surface area (Å²) in [6.45, 7) is 1.58. The Morgan fingerprint density at radius 1 is 1.47 bits per heavy atom. The summed E-state index contributed by atoms with van der Waals surface area (Å²) in [6, 6.07) is 5.95. The van der Waals surface area contributed by atoms with Gasteiger partial charge in [0.2, 0.25) is 0 Å². The van der Waals surface area contributed by atoms with Gasteiger partial charge in [0.05, 0.1) is 6.20 Å². The Bertz CT molecular complexity index is 452. The molecule has 0 amide bonds. The van der Waals surface area contributed by atoms with Crippen molar-refractivity contribution < 1.29 is 0 Å². The highest BCUT2D eigenvalue weighted by Gasteiger charge is 1.99. The molecule has 0 saturated heterocycles. The molecule has 0 aliphatic heterocycles. The van der Waals surface area contributed by atoms with Crippen molar-refractivity contribution in [3.8, 4) is 6.07 Å². The third-order valence-electron chi connectivity index (χ3n) is 1.96. The van der Waals surface area contributed by atoms with Crippen LogP contribution in [0.3, 0.4) is 0 Å². The molecule has 0 aliphatic rings. The lowest BCUT2D eigenvalue weighted by molar-refractivity contribution is 0.701. The molecule has 76 valence electrons. The maximum Gasteiger partial charge on any atom is 0.110 e. The van der Waals surface area contributed by atoms with Crippen LogP contribution in [0, 0.1) is 11.3 Å². The number of nitriles is 1.